The molecule has 4 nitrogen and oxygen atoms in total. The summed E-state index contributed by atoms with van der Waals surface area (Å²) in [5.74, 6) is -0.108. The predicted octanol–water partition coefficient (Wildman–Crippen LogP) is 2.95. The maximum atomic E-state index is 12.2. The molecular formula is C14H17N3OS. The van der Waals surface area contributed by atoms with Crippen molar-refractivity contribution in [1.29, 1.82) is 0 Å². The van der Waals surface area contributed by atoms with Crippen LogP contribution in [0.2, 0.25) is 0 Å². The number of carbonyl (C=O) groups excluding carboxylic acids is 1. The summed E-state index contributed by atoms with van der Waals surface area (Å²) in [4.78, 5) is 21.9. The van der Waals surface area contributed by atoms with Gasteiger partial charge in [-0.05, 0) is 39.8 Å². The summed E-state index contributed by atoms with van der Waals surface area (Å²) in [5.41, 5.74) is 2.29. The fourth-order valence-corrected chi connectivity index (χ4v) is 2.93. The van der Waals surface area contributed by atoms with Crippen LogP contribution in [-0.2, 0) is 0 Å². The highest BCUT2D eigenvalue weighted by Gasteiger charge is 2.17. The maximum absolute atomic E-state index is 12.2. The molecule has 0 fully saturated rings. The minimum absolute atomic E-state index is 0.0999. The van der Waals surface area contributed by atoms with E-state index in [0.29, 0.717) is 5.56 Å². The van der Waals surface area contributed by atoms with Gasteiger partial charge in [-0.3, -0.25) is 9.78 Å². The summed E-state index contributed by atoms with van der Waals surface area (Å²) in [6.07, 6.45) is 1.68. The topological polar surface area (TPSA) is 54.9 Å². The molecule has 0 aromatic carbocycles. The molecule has 0 radical (unpaired) electrons. The first-order valence-corrected chi connectivity index (χ1v) is 6.97. The highest BCUT2D eigenvalue weighted by molar-refractivity contribution is 7.11. The van der Waals surface area contributed by atoms with Crippen LogP contribution in [0, 0.1) is 20.8 Å². The first-order valence-electron chi connectivity index (χ1n) is 6.15. The fourth-order valence-electron chi connectivity index (χ4n) is 2.01. The van der Waals surface area contributed by atoms with Crippen molar-refractivity contribution >= 4 is 17.2 Å². The second kappa shape index (κ2) is 5.48. The zero-order chi connectivity index (χ0) is 14.0. The van der Waals surface area contributed by atoms with Gasteiger partial charge in [-0.15, -0.1) is 11.3 Å². The molecule has 0 aliphatic rings. The van der Waals surface area contributed by atoms with Crippen molar-refractivity contribution in [2.75, 3.05) is 0 Å². The summed E-state index contributed by atoms with van der Waals surface area (Å²) in [5, 5.41) is 3.99. The Balaban J connectivity index is 2.15. The van der Waals surface area contributed by atoms with Crippen molar-refractivity contribution in [3.63, 3.8) is 0 Å². The molecule has 0 saturated heterocycles. The largest absolute Gasteiger partial charge is 0.344 e. The van der Waals surface area contributed by atoms with Crippen LogP contribution >= 0.6 is 11.3 Å². The maximum Gasteiger partial charge on any atom is 0.253 e. The van der Waals surface area contributed by atoms with E-state index in [1.165, 1.54) is 0 Å². The summed E-state index contributed by atoms with van der Waals surface area (Å²) in [7, 11) is 0. The highest BCUT2D eigenvalue weighted by Crippen LogP contribution is 2.22. The van der Waals surface area contributed by atoms with Crippen molar-refractivity contribution in [2.24, 2.45) is 0 Å². The Kier molecular flexibility index (Phi) is 3.95. The summed E-state index contributed by atoms with van der Waals surface area (Å²) >= 11 is 1.65. The number of hydrogen-bond donors (Lipinski definition) is 1. The van der Waals surface area contributed by atoms with Gasteiger partial charge in [0, 0.05) is 16.8 Å². The molecule has 0 aliphatic carbocycles. The molecule has 1 unspecified atom stereocenters. The Labute approximate surface area is 116 Å². The molecule has 0 saturated carbocycles. The zero-order valence-corrected chi connectivity index (χ0v) is 12.3. The lowest BCUT2D eigenvalue weighted by atomic mass is 10.1. The summed E-state index contributed by atoms with van der Waals surface area (Å²) in [6.45, 7) is 7.78. The molecule has 19 heavy (non-hydrogen) atoms. The zero-order valence-electron chi connectivity index (χ0n) is 11.5. The van der Waals surface area contributed by atoms with Crippen molar-refractivity contribution in [3.05, 3.63) is 45.2 Å². The molecular weight excluding hydrogens is 258 g/mol. The number of aromatic nitrogens is 2. The van der Waals surface area contributed by atoms with Crippen LogP contribution in [0.5, 0.6) is 0 Å². The number of thiazole rings is 1. The van der Waals surface area contributed by atoms with E-state index in [0.717, 1.165) is 21.3 Å². The van der Waals surface area contributed by atoms with Crippen LogP contribution in [0.1, 0.15) is 44.6 Å². The van der Waals surface area contributed by atoms with Gasteiger partial charge in [0.05, 0.1) is 22.3 Å². The molecule has 2 heterocycles. The van der Waals surface area contributed by atoms with E-state index in [4.69, 9.17) is 0 Å². The Morgan fingerprint density at radius 1 is 1.37 bits per heavy atom. The van der Waals surface area contributed by atoms with E-state index in [-0.39, 0.29) is 11.9 Å². The number of amides is 1. The van der Waals surface area contributed by atoms with Gasteiger partial charge in [0.2, 0.25) is 0 Å². The van der Waals surface area contributed by atoms with E-state index in [1.54, 1.807) is 29.7 Å². The number of nitrogens with one attached hydrogen (secondary N) is 1. The van der Waals surface area contributed by atoms with Crippen LogP contribution < -0.4 is 5.32 Å². The van der Waals surface area contributed by atoms with E-state index < -0.39 is 0 Å². The van der Waals surface area contributed by atoms with Crippen molar-refractivity contribution < 1.29 is 4.79 Å². The molecule has 1 amide bonds. The van der Waals surface area contributed by atoms with Crippen LogP contribution in [0.15, 0.2) is 18.3 Å². The number of hydrogen-bond acceptors (Lipinski definition) is 4. The first-order chi connectivity index (χ1) is 8.99. The number of pyridine rings is 1. The molecule has 2 aromatic rings. The molecule has 100 valence electrons. The number of nitrogens with zero attached hydrogens (tertiary/aromatic N) is 2. The van der Waals surface area contributed by atoms with Gasteiger partial charge in [-0.2, -0.15) is 0 Å². The van der Waals surface area contributed by atoms with E-state index in [2.05, 4.69) is 15.3 Å². The second-order valence-electron chi connectivity index (χ2n) is 4.51. The number of rotatable bonds is 3. The third kappa shape index (κ3) is 2.98. The normalized spacial score (nSPS) is 12.2. The van der Waals surface area contributed by atoms with Gasteiger partial charge in [-0.1, -0.05) is 0 Å². The van der Waals surface area contributed by atoms with Gasteiger partial charge in [0.1, 0.15) is 0 Å². The Hall–Kier alpha value is -1.75. The quantitative estimate of drug-likeness (QED) is 0.937. The van der Waals surface area contributed by atoms with Crippen molar-refractivity contribution in [1.82, 2.24) is 15.3 Å². The lowest BCUT2D eigenvalue weighted by Crippen LogP contribution is -2.28. The van der Waals surface area contributed by atoms with Gasteiger partial charge < -0.3 is 5.32 Å². The van der Waals surface area contributed by atoms with E-state index >= 15 is 0 Å². The van der Waals surface area contributed by atoms with Gasteiger partial charge >= 0.3 is 0 Å². The minimum atomic E-state index is -0.108. The summed E-state index contributed by atoms with van der Waals surface area (Å²) < 4.78 is 0. The highest BCUT2D eigenvalue weighted by atomic mass is 32.1. The van der Waals surface area contributed by atoms with E-state index in [9.17, 15) is 4.79 Å². The molecule has 0 bridgehead atoms. The van der Waals surface area contributed by atoms with Gasteiger partial charge in [0.15, 0.2) is 0 Å². The Bertz CT molecular complexity index is 606. The molecule has 0 aliphatic heterocycles. The molecule has 2 rings (SSSR count). The van der Waals surface area contributed by atoms with Gasteiger partial charge in [-0.25, -0.2) is 4.98 Å². The second-order valence-corrected chi connectivity index (χ2v) is 5.91. The van der Waals surface area contributed by atoms with Crippen LogP contribution in [0.3, 0.4) is 0 Å². The lowest BCUT2D eigenvalue weighted by molar-refractivity contribution is 0.0938. The third-order valence-corrected chi connectivity index (χ3v) is 3.85. The molecule has 0 spiro atoms. The number of aryl methyl sites for hydroxylation is 3. The summed E-state index contributed by atoms with van der Waals surface area (Å²) in [6, 6.07) is 3.45. The van der Waals surface area contributed by atoms with Crippen LogP contribution in [0.4, 0.5) is 0 Å². The van der Waals surface area contributed by atoms with Crippen molar-refractivity contribution in [2.45, 2.75) is 33.7 Å². The average Bonchev–Trinajstić information content (AvgIpc) is 2.69. The fraction of sp³-hybridized carbons (Fsp3) is 0.357. The third-order valence-electron chi connectivity index (χ3n) is 2.95. The molecule has 1 N–H and O–H groups in total. The molecule has 2 aromatic heterocycles. The lowest BCUT2D eigenvalue weighted by Gasteiger charge is -2.13. The SMILES string of the molecule is Cc1nc(C(C)NC(=O)c2cccnc2C)c(C)s1. The van der Waals surface area contributed by atoms with Crippen LogP contribution in [0.25, 0.3) is 0 Å². The minimum Gasteiger partial charge on any atom is -0.344 e. The standard InChI is InChI=1S/C14H17N3OS/c1-8-12(6-5-7-15-8)14(18)16-9(2)13-10(3)19-11(4)17-13/h5-7,9H,1-4H3,(H,16,18). The Morgan fingerprint density at radius 3 is 2.68 bits per heavy atom. The van der Waals surface area contributed by atoms with Crippen LogP contribution in [-0.4, -0.2) is 15.9 Å². The van der Waals surface area contributed by atoms with Gasteiger partial charge in [0.25, 0.3) is 5.91 Å². The molecule has 5 heteroatoms. The average molecular weight is 275 g/mol. The predicted molar refractivity (Wildman–Crippen MR) is 76.4 cm³/mol. The Morgan fingerprint density at radius 2 is 2.11 bits per heavy atom. The monoisotopic (exact) mass is 275 g/mol. The first kappa shape index (κ1) is 13.7. The van der Waals surface area contributed by atoms with Crippen molar-refractivity contribution in [3.8, 4) is 0 Å². The smallest absolute Gasteiger partial charge is 0.253 e. The molecule has 1 atom stereocenters. The van der Waals surface area contributed by atoms with E-state index in [1.807, 2.05) is 27.7 Å². The number of carbonyl (C=O) groups is 1.